The van der Waals surface area contributed by atoms with Crippen molar-refractivity contribution in [3.63, 3.8) is 0 Å². The Bertz CT molecular complexity index is 623. The van der Waals surface area contributed by atoms with Crippen LogP contribution in [0, 0.1) is 0 Å². The van der Waals surface area contributed by atoms with E-state index in [0.29, 0.717) is 5.75 Å². The van der Waals surface area contributed by atoms with Crippen molar-refractivity contribution in [2.45, 2.75) is 43.0 Å². The van der Waals surface area contributed by atoms with Gasteiger partial charge in [-0.1, -0.05) is 19.3 Å². The van der Waals surface area contributed by atoms with Crippen LogP contribution in [0.3, 0.4) is 0 Å². The molecule has 0 saturated heterocycles. The van der Waals surface area contributed by atoms with E-state index in [-0.39, 0.29) is 24.1 Å². The predicted molar refractivity (Wildman–Crippen MR) is 87.4 cm³/mol. The van der Waals surface area contributed by atoms with Gasteiger partial charge in [0, 0.05) is 12.6 Å². The molecule has 128 valence electrons. The number of rotatable bonds is 7. The lowest BCUT2D eigenvalue weighted by Gasteiger charge is -2.22. The van der Waals surface area contributed by atoms with Crippen LogP contribution in [-0.4, -0.2) is 27.6 Å². The van der Waals surface area contributed by atoms with E-state index in [4.69, 9.17) is 10.5 Å². The number of halogens is 1. The number of nitrogens with one attached hydrogen (secondary N) is 1. The van der Waals surface area contributed by atoms with Crippen LogP contribution >= 0.6 is 0 Å². The molecule has 5 nitrogen and oxygen atoms in total. The van der Waals surface area contributed by atoms with Crippen molar-refractivity contribution in [2.75, 3.05) is 13.2 Å². The van der Waals surface area contributed by atoms with Gasteiger partial charge in [-0.3, -0.25) is 0 Å². The Morgan fingerprint density at radius 2 is 1.91 bits per heavy atom. The number of hydrogen-bond donors (Lipinski definition) is 2. The molecule has 1 fully saturated rings. The van der Waals surface area contributed by atoms with Crippen molar-refractivity contribution in [2.24, 2.45) is 5.73 Å². The van der Waals surface area contributed by atoms with Crippen LogP contribution in [-0.2, 0) is 10.0 Å². The van der Waals surface area contributed by atoms with Gasteiger partial charge in [-0.15, -0.1) is 0 Å². The summed E-state index contributed by atoms with van der Waals surface area (Å²) in [7, 11) is -3.52. The highest BCUT2D eigenvalue weighted by molar-refractivity contribution is 7.89. The third kappa shape index (κ3) is 5.60. The molecule has 1 aliphatic rings. The lowest BCUT2D eigenvalue weighted by atomic mass is 9.96. The molecule has 1 saturated carbocycles. The third-order valence-corrected chi connectivity index (χ3v) is 5.31. The number of hydrogen-bond acceptors (Lipinski definition) is 4. The number of benzene rings is 1. The molecule has 0 aromatic heterocycles. The Hall–Kier alpha value is -1.44. The van der Waals surface area contributed by atoms with Crippen LogP contribution in [0.25, 0.3) is 0 Å². The summed E-state index contributed by atoms with van der Waals surface area (Å²) in [4.78, 5) is 0.188. The molecular formula is C16H23FN2O3S. The molecule has 23 heavy (non-hydrogen) atoms. The fraction of sp³-hybridized carbons (Fsp3) is 0.500. The molecule has 1 aromatic carbocycles. The molecule has 0 bridgehead atoms. The van der Waals surface area contributed by atoms with Crippen LogP contribution in [0.15, 0.2) is 41.1 Å². The summed E-state index contributed by atoms with van der Waals surface area (Å²) in [5.74, 6) is -0.0506. The first kappa shape index (κ1) is 17.9. The van der Waals surface area contributed by atoms with Gasteiger partial charge in [0.05, 0.1) is 4.90 Å². The standard InChI is InChI=1S/C16H23FN2O3S/c17-13(10-11-18)12-22-15-6-8-16(9-7-15)23(20,21)19-14-4-2-1-3-5-14/h6-10,14,19H,1-5,11-12,18H2/b13-10+. The zero-order chi connectivity index (χ0) is 16.7. The Kier molecular flexibility index (Phi) is 6.56. The zero-order valence-corrected chi connectivity index (χ0v) is 13.8. The number of ether oxygens (including phenoxy) is 1. The van der Waals surface area contributed by atoms with Crippen LogP contribution in [0.5, 0.6) is 5.75 Å². The SMILES string of the molecule is NC/C=C(/F)COc1ccc(S(=O)(=O)NC2CCCCC2)cc1. The summed E-state index contributed by atoms with van der Waals surface area (Å²) >= 11 is 0. The highest BCUT2D eigenvalue weighted by atomic mass is 32.2. The van der Waals surface area contributed by atoms with Crippen molar-refractivity contribution in [1.82, 2.24) is 4.72 Å². The highest BCUT2D eigenvalue weighted by Gasteiger charge is 2.21. The van der Waals surface area contributed by atoms with Crippen LogP contribution in [0.2, 0.25) is 0 Å². The average molecular weight is 342 g/mol. The van der Waals surface area contributed by atoms with E-state index < -0.39 is 15.9 Å². The summed E-state index contributed by atoms with van der Waals surface area (Å²) in [5.41, 5.74) is 5.20. The Morgan fingerprint density at radius 3 is 2.52 bits per heavy atom. The van der Waals surface area contributed by atoms with Crippen molar-refractivity contribution in [3.8, 4) is 5.75 Å². The normalized spacial score (nSPS) is 17.2. The van der Waals surface area contributed by atoms with E-state index in [2.05, 4.69) is 4.72 Å². The quantitative estimate of drug-likeness (QED) is 0.798. The van der Waals surface area contributed by atoms with Gasteiger partial charge < -0.3 is 10.5 Å². The molecule has 0 heterocycles. The minimum Gasteiger partial charge on any atom is -0.487 e. The zero-order valence-electron chi connectivity index (χ0n) is 13.0. The maximum absolute atomic E-state index is 13.2. The van der Waals surface area contributed by atoms with Crippen LogP contribution in [0.4, 0.5) is 4.39 Å². The van der Waals surface area contributed by atoms with E-state index in [1.165, 1.54) is 36.8 Å². The molecule has 0 spiro atoms. The van der Waals surface area contributed by atoms with Crippen molar-refractivity contribution < 1.29 is 17.5 Å². The Labute approximate surface area is 136 Å². The van der Waals surface area contributed by atoms with Gasteiger partial charge in [0.15, 0.2) is 0 Å². The topological polar surface area (TPSA) is 81.4 Å². The first-order valence-electron chi connectivity index (χ1n) is 7.81. The maximum Gasteiger partial charge on any atom is 0.240 e. The maximum atomic E-state index is 13.2. The van der Waals surface area contributed by atoms with E-state index in [9.17, 15) is 12.8 Å². The van der Waals surface area contributed by atoms with Crippen LogP contribution in [0.1, 0.15) is 32.1 Å². The van der Waals surface area contributed by atoms with Gasteiger partial charge in [-0.05, 0) is 43.2 Å². The molecule has 1 aliphatic carbocycles. The van der Waals surface area contributed by atoms with Gasteiger partial charge in [-0.2, -0.15) is 0 Å². The summed E-state index contributed by atoms with van der Waals surface area (Å²) < 4.78 is 45.8. The summed E-state index contributed by atoms with van der Waals surface area (Å²) in [6, 6.07) is 5.98. The second kappa shape index (κ2) is 8.42. The van der Waals surface area contributed by atoms with E-state index in [1.54, 1.807) is 0 Å². The van der Waals surface area contributed by atoms with Gasteiger partial charge in [0.25, 0.3) is 0 Å². The molecule has 7 heteroatoms. The van der Waals surface area contributed by atoms with E-state index in [1.807, 2.05) is 0 Å². The first-order chi connectivity index (χ1) is 11.0. The fourth-order valence-corrected chi connectivity index (χ4v) is 3.87. The van der Waals surface area contributed by atoms with E-state index >= 15 is 0 Å². The minimum atomic E-state index is -3.52. The number of nitrogens with two attached hydrogens (primary N) is 1. The fourth-order valence-electron chi connectivity index (χ4n) is 2.56. The lowest BCUT2D eigenvalue weighted by Crippen LogP contribution is -2.36. The molecule has 0 atom stereocenters. The second-order valence-corrected chi connectivity index (χ2v) is 7.32. The van der Waals surface area contributed by atoms with Crippen molar-refractivity contribution in [3.05, 3.63) is 36.2 Å². The monoisotopic (exact) mass is 342 g/mol. The largest absolute Gasteiger partial charge is 0.487 e. The van der Waals surface area contributed by atoms with Gasteiger partial charge in [-0.25, -0.2) is 17.5 Å². The van der Waals surface area contributed by atoms with Crippen molar-refractivity contribution in [1.29, 1.82) is 0 Å². The summed E-state index contributed by atoms with van der Waals surface area (Å²) in [6.45, 7) is -0.108. The minimum absolute atomic E-state index is 0.0140. The first-order valence-corrected chi connectivity index (χ1v) is 9.29. The smallest absolute Gasteiger partial charge is 0.240 e. The molecule has 2 rings (SSSR count). The Balaban J connectivity index is 1.96. The summed E-state index contributed by atoms with van der Waals surface area (Å²) in [6.07, 6.45) is 6.27. The van der Waals surface area contributed by atoms with Gasteiger partial charge in [0.2, 0.25) is 10.0 Å². The van der Waals surface area contributed by atoms with Gasteiger partial charge in [0.1, 0.15) is 18.2 Å². The molecule has 0 amide bonds. The predicted octanol–water partition coefficient (Wildman–Crippen LogP) is 2.49. The second-order valence-electron chi connectivity index (χ2n) is 5.60. The van der Waals surface area contributed by atoms with E-state index in [0.717, 1.165) is 25.7 Å². The average Bonchev–Trinajstić information content (AvgIpc) is 2.54. The van der Waals surface area contributed by atoms with Gasteiger partial charge >= 0.3 is 0 Å². The molecule has 0 aliphatic heterocycles. The molecule has 3 N–H and O–H groups in total. The van der Waals surface area contributed by atoms with Crippen LogP contribution < -0.4 is 15.2 Å². The molecular weight excluding hydrogens is 319 g/mol. The summed E-state index contributed by atoms with van der Waals surface area (Å²) in [5, 5.41) is 0. The number of sulfonamides is 1. The molecule has 0 unspecified atom stereocenters. The van der Waals surface area contributed by atoms with Crippen molar-refractivity contribution >= 4 is 10.0 Å². The Morgan fingerprint density at radius 1 is 1.26 bits per heavy atom. The molecule has 1 aromatic rings. The lowest BCUT2D eigenvalue weighted by molar-refractivity contribution is 0.318. The third-order valence-electron chi connectivity index (χ3n) is 3.78. The highest BCUT2D eigenvalue weighted by Crippen LogP contribution is 2.21. The molecule has 0 radical (unpaired) electrons.